The summed E-state index contributed by atoms with van der Waals surface area (Å²) in [6, 6.07) is 8.53. The maximum atomic E-state index is 5.65. The second-order valence-electron chi connectivity index (χ2n) is 4.50. The summed E-state index contributed by atoms with van der Waals surface area (Å²) in [6.07, 6.45) is 3.91. The lowest BCUT2D eigenvalue weighted by Gasteiger charge is -2.28. The molecule has 0 N–H and O–H groups in total. The van der Waals surface area contributed by atoms with E-state index in [-0.39, 0.29) is 0 Å². The van der Waals surface area contributed by atoms with Crippen LogP contribution in [0.3, 0.4) is 0 Å². The Kier molecular flexibility index (Phi) is 3.12. The number of nitrogens with zero attached hydrogens (tertiary/aromatic N) is 1. The zero-order valence-corrected chi connectivity index (χ0v) is 11.3. The monoisotopic (exact) mass is 261 g/mol. The minimum absolute atomic E-state index is 1.04. The summed E-state index contributed by atoms with van der Waals surface area (Å²) in [5.74, 6) is 0. The number of benzene rings is 1. The lowest BCUT2D eigenvalue weighted by Crippen LogP contribution is -2.34. The average Bonchev–Trinajstić information content (AvgIpc) is 2.83. The summed E-state index contributed by atoms with van der Waals surface area (Å²) in [5, 5.41) is 3.52. The van der Waals surface area contributed by atoms with Crippen LogP contribution in [0, 0.1) is 0 Å². The Morgan fingerprint density at radius 1 is 1.12 bits per heavy atom. The molecule has 3 heteroatoms. The molecule has 1 aromatic heterocycles. The van der Waals surface area contributed by atoms with E-state index >= 15 is 0 Å². The number of rotatable bonds is 1. The summed E-state index contributed by atoms with van der Waals surface area (Å²) < 4.78 is 1.34. The van der Waals surface area contributed by atoms with Gasteiger partial charge in [0.1, 0.15) is 4.99 Å². The summed E-state index contributed by atoms with van der Waals surface area (Å²) >= 11 is 7.45. The summed E-state index contributed by atoms with van der Waals surface area (Å²) in [6.45, 7) is 2.26. The first-order chi connectivity index (χ1) is 8.36. The van der Waals surface area contributed by atoms with Crippen molar-refractivity contribution in [3.05, 3.63) is 35.2 Å². The molecule has 1 fully saturated rings. The molecule has 0 bridgehead atoms. The van der Waals surface area contributed by atoms with Crippen LogP contribution >= 0.6 is 23.6 Å². The second kappa shape index (κ2) is 4.75. The van der Waals surface area contributed by atoms with Crippen molar-refractivity contribution in [2.75, 3.05) is 13.1 Å². The Balaban J connectivity index is 1.95. The molecule has 17 heavy (non-hydrogen) atoms. The standard InChI is InChI=1S/C14H15NS2/c16-14(15-8-4-1-5-9-15)12-10-17-13-7-3-2-6-11(12)13/h2-3,6-7,10H,1,4-5,8-9H2. The molecule has 88 valence electrons. The number of thiocarbonyl (C=S) groups is 1. The van der Waals surface area contributed by atoms with Crippen molar-refractivity contribution in [1.29, 1.82) is 0 Å². The van der Waals surface area contributed by atoms with Gasteiger partial charge < -0.3 is 4.90 Å². The third-order valence-electron chi connectivity index (χ3n) is 3.35. The van der Waals surface area contributed by atoms with Gasteiger partial charge in [0.05, 0.1) is 0 Å². The fourth-order valence-corrected chi connectivity index (χ4v) is 3.78. The van der Waals surface area contributed by atoms with E-state index in [9.17, 15) is 0 Å². The SMILES string of the molecule is S=C(c1csc2ccccc12)N1CCCCC1. The van der Waals surface area contributed by atoms with Crippen molar-refractivity contribution in [1.82, 2.24) is 4.90 Å². The summed E-state index contributed by atoms with van der Waals surface area (Å²) in [7, 11) is 0. The summed E-state index contributed by atoms with van der Waals surface area (Å²) in [5.41, 5.74) is 1.25. The van der Waals surface area contributed by atoms with Crippen LogP contribution in [0.5, 0.6) is 0 Å². The largest absolute Gasteiger partial charge is 0.362 e. The minimum atomic E-state index is 1.04. The van der Waals surface area contributed by atoms with Crippen molar-refractivity contribution in [3.8, 4) is 0 Å². The van der Waals surface area contributed by atoms with Gasteiger partial charge in [-0.15, -0.1) is 11.3 Å². The molecule has 0 spiro atoms. The van der Waals surface area contributed by atoms with Crippen LogP contribution in [-0.2, 0) is 0 Å². The second-order valence-corrected chi connectivity index (χ2v) is 5.80. The first-order valence-electron chi connectivity index (χ1n) is 6.12. The van der Waals surface area contributed by atoms with E-state index in [0.29, 0.717) is 0 Å². The quantitative estimate of drug-likeness (QED) is 0.712. The maximum Gasteiger partial charge on any atom is 0.110 e. The Labute approximate surface area is 111 Å². The van der Waals surface area contributed by atoms with Crippen LogP contribution in [0.2, 0.25) is 0 Å². The number of hydrogen-bond donors (Lipinski definition) is 0. The molecule has 1 nitrogen and oxygen atoms in total. The van der Waals surface area contributed by atoms with Crippen LogP contribution in [-0.4, -0.2) is 23.0 Å². The summed E-state index contributed by atoms with van der Waals surface area (Å²) in [4.78, 5) is 3.41. The fourth-order valence-electron chi connectivity index (χ4n) is 2.41. The van der Waals surface area contributed by atoms with Gasteiger partial charge in [0.15, 0.2) is 0 Å². The van der Waals surface area contributed by atoms with Gasteiger partial charge in [-0.25, -0.2) is 0 Å². The van der Waals surface area contributed by atoms with E-state index in [1.54, 1.807) is 11.3 Å². The van der Waals surface area contributed by atoms with E-state index in [1.165, 1.54) is 34.9 Å². The number of thiophene rings is 1. The van der Waals surface area contributed by atoms with Crippen LogP contribution < -0.4 is 0 Å². The van der Waals surface area contributed by atoms with Crippen LogP contribution in [0.1, 0.15) is 24.8 Å². The van der Waals surface area contributed by atoms with Crippen molar-refractivity contribution in [3.63, 3.8) is 0 Å². The lowest BCUT2D eigenvalue weighted by atomic mass is 10.1. The predicted molar refractivity (Wildman–Crippen MR) is 78.9 cm³/mol. The highest BCUT2D eigenvalue weighted by molar-refractivity contribution is 7.80. The lowest BCUT2D eigenvalue weighted by molar-refractivity contribution is 0.348. The Morgan fingerprint density at radius 2 is 1.88 bits per heavy atom. The van der Waals surface area contributed by atoms with Crippen LogP contribution in [0.15, 0.2) is 29.6 Å². The molecule has 2 aromatic rings. The Bertz CT molecular complexity index is 538. The van der Waals surface area contributed by atoms with Gasteiger partial charge in [0.2, 0.25) is 0 Å². The van der Waals surface area contributed by atoms with Gasteiger partial charge in [-0.1, -0.05) is 30.4 Å². The fraction of sp³-hybridized carbons (Fsp3) is 0.357. The van der Waals surface area contributed by atoms with E-state index in [1.807, 2.05) is 0 Å². The molecule has 1 saturated heterocycles. The first-order valence-corrected chi connectivity index (χ1v) is 7.40. The molecule has 1 aliphatic rings. The minimum Gasteiger partial charge on any atom is -0.362 e. The molecule has 2 heterocycles. The van der Waals surface area contributed by atoms with Gasteiger partial charge in [-0.3, -0.25) is 0 Å². The molecule has 0 aliphatic carbocycles. The normalized spacial score (nSPS) is 16.4. The topological polar surface area (TPSA) is 3.24 Å². The van der Waals surface area contributed by atoms with E-state index < -0.39 is 0 Å². The molecular weight excluding hydrogens is 246 g/mol. The molecule has 0 atom stereocenters. The highest BCUT2D eigenvalue weighted by atomic mass is 32.1. The number of piperidine rings is 1. The molecule has 0 saturated carbocycles. The first kappa shape index (κ1) is 11.2. The van der Waals surface area contributed by atoms with Crippen molar-refractivity contribution >= 4 is 38.6 Å². The molecule has 3 rings (SSSR count). The molecular formula is C14H15NS2. The van der Waals surface area contributed by atoms with E-state index in [2.05, 4.69) is 34.5 Å². The van der Waals surface area contributed by atoms with Gasteiger partial charge in [-0.05, 0) is 25.3 Å². The average molecular weight is 261 g/mol. The van der Waals surface area contributed by atoms with Gasteiger partial charge in [0, 0.05) is 34.1 Å². The van der Waals surface area contributed by atoms with Gasteiger partial charge >= 0.3 is 0 Å². The van der Waals surface area contributed by atoms with E-state index in [4.69, 9.17) is 12.2 Å². The third kappa shape index (κ3) is 2.09. The molecule has 1 aromatic carbocycles. The van der Waals surface area contributed by atoms with E-state index in [0.717, 1.165) is 18.1 Å². The molecule has 1 aliphatic heterocycles. The Hall–Kier alpha value is -0.930. The highest BCUT2D eigenvalue weighted by Crippen LogP contribution is 2.27. The van der Waals surface area contributed by atoms with Crippen LogP contribution in [0.25, 0.3) is 10.1 Å². The predicted octanol–water partition coefficient (Wildman–Crippen LogP) is 4.06. The highest BCUT2D eigenvalue weighted by Gasteiger charge is 2.17. The maximum absolute atomic E-state index is 5.65. The van der Waals surface area contributed by atoms with Crippen molar-refractivity contribution in [2.45, 2.75) is 19.3 Å². The number of fused-ring (bicyclic) bond motifs is 1. The number of likely N-dealkylation sites (tertiary alicyclic amines) is 1. The third-order valence-corrected chi connectivity index (χ3v) is 4.80. The van der Waals surface area contributed by atoms with Crippen molar-refractivity contribution < 1.29 is 0 Å². The zero-order chi connectivity index (χ0) is 11.7. The molecule has 0 unspecified atom stereocenters. The van der Waals surface area contributed by atoms with Gasteiger partial charge in [0.25, 0.3) is 0 Å². The van der Waals surface area contributed by atoms with Crippen molar-refractivity contribution in [2.24, 2.45) is 0 Å². The molecule has 0 radical (unpaired) electrons. The zero-order valence-electron chi connectivity index (χ0n) is 9.69. The van der Waals surface area contributed by atoms with Crippen LogP contribution in [0.4, 0.5) is 0 Å². The Morgan fingerprint density at radius 3 is 2.71 bits per heavy atom. The smallest absolute Gasteiger partial charge is 0.110 e. The number of hydrogen-bond acceptors (Lipinski definition) is 2. The van der Waals surface area contributed by atoms with Gasteiger partial charge in [-0.2, -0.15) is 0 Å². The molecule has 0 amide bonds.